The lowest BCUT2D eigenvalue weighted by atomic mass is 10.1. The third-order valence-electron chi connectivity index (χ3n) is 4.32. The number of ether oxygens (including phenoxy) is 2. The summed E-state index contributed by atoms with van der Waals surface area (Å²) >= 11 is 0. The Hall–Kier alpha value is -4.15. The monoisotopic (exact) mass is 460 g/mol. The molecule has 0 fully saturated rings. The van der Waals surface area contributed by atoms with Crippen LogP contribution in [0.5, 0.6) is 5.75 Å². The van der Waals surface area contributed by atoms with Crippen molar-refractivity contribution in [2.24, 2.45) is 5.73 Å². The van der Waals surface area contributed by atoms with Crippen LogP contribution in [0.25, 0.3) is 0 Å². The first-order chi connectivity index (χ1) is 15.8. The van der Waals surface area contributed by atoms with Crippen molar-refractivity contribution in [3.8, 4) is 5.75 Å². The van der Waals surface area contributed by atoms with Crippen molar-refractivity contribution in [1.82, 2.24) is 16.2 Å². The first kappa shape index (κ1) is 25.1. The van der Waals surface area contributed by atoms with E-state index in [1.54, 1.807) is 24.3 Å². The van der Waals surface area contributed by atoms with Gasteiger partial charge in [-0.2, -0.15) is 0 Å². The highest BCUT2D eigenvalue weighted by Crippen LogP contribution is 2.16. The zero-order valence-corrected chi connectivity index (χ0v) is 17.9. The van der Waals surface area contributed by atoms with Crippen molar-refractivity contribution in [3.63, 3.8) is 0 Å². The number of para-hydroxylation sites is 1. The number of carbonyl (C=O) groups excluding carboxylic acids is 4. The quantitative estimate of drug-likeness (QED) is 0.393. The van der Waals surface area contributed by atoms with E-state index >= 15 is 0 Å². The zero-order valence-electron chi connectivity index (χ0n) is 17.9. The molecule has 0 aromatic heterocycles. The molecule has 11 heteroatoms. The lowest BCUT2D eigenvalue weighted by Gasteiger charge is -2.19. The lowest BCUT2D eigenvalue weighted by Crippen LogP contribution is -2.54. The van der Waals surface area contributed by atoms with E-state index in [1.807, 2.05) is 6.07 Å². The molecule has 1 unspecified atom stereocenters. The molecule has 10 nitrogen and oxygen atoms in total. The lowest BCUT2D eigenvalue weighted by molar-refractivity contribution is -0.133. The Balaban J connectivity index is 1.88. The van der Waals surface area contributed by atoms with Gasteiger partial charge in [-0.15, -0.1) is 0 Å². The van der Waals surface area contributed by atoms with Gasteiger partial charge in [-0.25, -0.2) is 9.18 Å². The van der Waals surface area contributed by atoms with Crippen LogP contribution in [0.15, 0.2) is 54.6 Å². The molecule has 0 aliphatic heterocycles. The standard InChI is InChI=1S/C22H25FN4O6/c1-14(33-18-10-6-5-9-16(18)23)20(29)26-27-21(30)17(11-12-19(24)28)25-22(31)32-13-15-7-3-2-4-8-15/h2-10,14,17H,11-13H2,1H3,(H2,24,28)(H,25,31)(H,26,29)(H,27,30)/t14?,17-/m0/s1. The summed E-state index contributed by atoms with van der Waals surface area (Å²) in [6.45, 7) is 1.33. The number of primary amides is 1. The smallest absolute Gasteiger partial charge is 0.408 e. The van der Waals surface area contributed by atoms with E-state index in [1.165, 1.54) is 31.2 Å². The molecule has 0 saturated carbocycles. The summed E-state index contributed by atoms with van der Waals surface area (Å²) in [5.41, 5.74) is 10.1. The zero-order chi connectivity index (χ0) is 24.2. The maximum absolute atomic E-state index is 13.7. The van der Waals surface area contributed by atoms with Crippen LogP contribution in [0.3, 0.4) is 0 Å². The Labute approximate surface area is 189 Å². The van der Waals surface area contributed by atoms with E-state index in [9.17, 15) is 23.6 Å². The summed E-state index contributed by atoms with van der Waals surface area (Å²) in [7, 11) is 0. The number of carbonyl (C=O) groups is 4. The fourth-order valence-electron chi connectivity index (χ4n) is 2.56. The second kappa shape index (κ2) is 12.6. The highest BCUT2D eigenvalue weighted by molar-refractivity contribution is 5.89. The molecular weight excluding hydrogens is 435 g/mol. The fourth-order valence-corrected chi connectivity index (χ4v) is 2.56. The number of hydrogen-bond acceptors (Lipinski definition) is 6. The Bertz CT molecular complexity index is 972. The van der Waals surface area contributed by atoms with Crippen LogP contribution >= 0.6 is 0 Å². The minimum atomic E-state index is -1.22. The van der Waals surface area contributed by atoms with Crippen LogP contribution < -0.4 is 26.6 Å². The Morgan fingerprint density at radius 3 is 2.27 bits per heavy atom. The molecule has 0 saturated heterocycles. The van der Waals surface area contributed by atoms with Crippen LogP contribution in [-0.4, -0.2) is 36.0 Å². The minimum Gasteiger partial charge on any atom is -0.478 e. The molecule has 0 heterocycles. The van der Waals surface area contributed by atoms with Crippen LogP contribution in [0.4, 0.5) is 9.18 Å². The molecule has 33 heavy (non-hydrogen) atoms. The molecule has 5 N–H and O–H groups in total. The number of nitrogens with two attached hydrogens (primary N) is 1. The van der Waals surface area contributed by atoms with Gasteiger partial charge in [-0.3, -0.25) is 25.2 Å². The molecule has 0 aliphatic rings. The van der Waals surface area contributed by atoms with E-state index in [2.05, 4.69) is 16.2 Å². The van der Waals surface area contributed by atoms with Crippen LogP contribution in [0.2, 0.25) is 0 Å². The predicted octanol–water partition coefficient (Wildman–Crippen LogP) is 1.30. The van der Waals surface area contributed by atoms with Gasteiger partial charge >= 0.3 is 6.09 Å². The second-order valence-corrected chi connectivity index (χ2v) is 6.93. The van der Waals surface area contributed by atoms with Gasteiger partial charge in [0.05, 0.1) is 0 Å². The third kappa shape index (κ3) is 8.85. The van der Waals surface area contributed by atoms with E-state index < -0.39 is 41.8 Å². The summed E-state index contributed by atoms with van der Waals surface area (Å²) in [6, 6.07) is 13.2. The first-order valence-electron chi connectivity index (χ1n) is 10.0. The van der Waals surface area contributed by atoms with Gasteiger partial charge in [-0.05, 0) is 31.0 Å². The van der Waals surface area contributed by atoms with E-state index in [-0.39, 0.29) is 25.2 Å². The number of rotatable bonds is 10. The van der Waals surface area contributed by atoms with Crippen molar-refractivity contribution in [2.75, 3.05) is 0 Å². The van der Waals surface area contributed by atoms with Gasteiger partial charge in [0.1, 0.15) is 12.6 Å². The number of nitrogens with one attached hydrogen (secondary N) is 3. The van der Waals surface area contributed by atoms with Crippen molar-refractivity contribution in [2.45, 2.75) is 38.5 Å². The topological polar surface area (TPSA) is 149 Å². The third-order valence-corrected chi connectivity index (χ3v) is 4.32. The van der Waals surface area contributed by atoms with Gasteiger partial charge in [0.25, 0.3) is 11.8 Å². The van der Waals surface area contributed by atoms with Crippen molar-refractivity contribution < 1.29 is 33.0 Å². The molecule has 4 amide bonds. The highest BCUT2D eigenvalue weighted by Gasteiger charge is 2.24. The molecule has 0 spiro atoms. The molecule has 2 aromatic carbocycles. The number of hydrogen-bond donors (Lipinski definition) is 4. The summed E-state index contributed by atoms with van der Waals surface area (Å²) in [6.07, 6.45) is -2.36. The minimum absolute atomic E-state index is 0.0293. The fraction of sp³-hybridized carbons (Fsp3) is 0.273. The maximum Gasteiger partial charge on any atom is 0.408 e. The molecule has 176 valence electrons. The summed E-state index contributed by atoms with van der Waals surface area (Å²) in [5, 5.41) is 2.33. The first-order valence-corrected chi connectivity index (χ1v) is 10.0. The van der Waals surface area contributed by atoms with E-state index in [0.29, 0.717) is 0 Å². The Morgan fingerprint density at radius 2 is 1.61 bits per heavy atom. The van der Waals surface area contributed by atoms with Crippen molar-refractivity contribution in [3.05, 3.63) is 66.0 Å². The number of hydrazine groups is 1. The van der Waals surface area contributed by atoms with Gasteiger partial charge in [-0.1, -0.05) is 42.5 Å². The van der Waals surface area contributed by atoms with Crippen LogP contribution in [0.1, 0.15) is 25.3 Å². The predicted molar refractivity (Wildman–Crippen MR) is 115 cm³/mol. The molecule has 2 atom stereocenters. The van der Waals surface area contributed by atoms with Crippen molar-refractivity contribution >= 4 is 23.8 Å². The van der Waals surface area contributed by atoms with Crippen LogP contribution in [0, 0.1) is 5.82 Å². The average Bonchev–Trinajstić information content (AvgIpc) is 2.80. The molecular formula is C22H25FN4O6. The van der Waals surface area contributed by atoms with Gasteiger partial charge in [0.15, 0.2) is 17.7 Å². The number of benzene rings is 2. The van der Waals surface area contributed by atoms with Gasteiger partial charge in [0, 0.05) is 6.42 Å². The molecule has 0 bridgehead atoms. The van der Waals surface area contributed by atoms with E-state index in [4.69, 9.17) is 15.2 Å². The van der Waals surface area contributed by atoms with Gasteiger partial charge < -0.3 is 20.5 Å². The normalized spacial score (nSPS) is 12.1. The van der Waals surface area contributed by atoms with E-state index in [0.717, 1.165) is 5.56 Å². The summed E-state index contributed by atoms with van der Waals surface area (Å²) in [4.78, 5) is 47.8. The number of alkyl carbamates (subject to hydrolysis) is 1. The van der Waals surface area contributed by atoms with Crippen molar-refractivity contribution in [1.29, 1.82) is 0 Å². The average molecular weight is 460 g/mol. The summed E-state index contributed by atoms with van der Waals surface area (Å²) in [5.74, 6) is -3.05. The largest absolute Gasteiger partial charge is 0.478 e. The van der Waals surface area contributed by atoms with Gasteiger partial charge in [0.2, 0.25) is 5.91 Å². The maximum atomic E-state index is 13.7. The molecule has 2 rings (SSSR count). The Morgan fingerprint density at radius 1 is 0.970 bits per heavy atom. The van der Waals surface area contributed by atoms with Crippen LogP contribution in [-0.2, 0) is 25.7 Å². The SMILES string of the molecule is CC(Oc1ccccc1F)C(=O)NNC(=O)[C@H](CCC(N)=O)NC(=O)OCc1ccccc1. The second-order valence-electron chi connectivity index (χ2n) is 6.93. The molecule has 0 radical (unpaired) electrons. The Kier molecular flexibility index (Phi) is 9.62. The highest BCUT2D eigenvalue weighted by atomic mass is 19.1. The number of halogens is 1. The molecule has 0 aliphatic carbocycles. The molecule has 2 aromatic rings. The summed E-state index contributed by atoms with van der Waals surface area (Å²) < 4.78 is 24.0. The number of amides is 4.